The number of carbonyl (C=O) groups excluding carboxylic acids is 2. The molecule has 0 saturated carbocycles. The minimum absolute atomic E-state index is 0.0615. The maximum atomic E-state index is 11.7. The van der Waals surface area contributed by atoms with Crippen LogP contribution < -0.4 is 11.1 Å². The number of rotatable bonds is 5. The molecule has 1 heterocycles. The van der Waals surface area contributed by atoms with Crippen LogP contribution in [0.1, 0.15) is 0 Å². The molecule has 0 fully saturated rings. The van der Waals surface area contributed by atoms with E-state index in [-0.39, 0.29) is 19.0 Å². The molecule has 0 bridgehead atoms. The number of primary amides is 1. The van der Waals surface area contributed by atoms with Gasteiger partial charge in [-0.2, -0.15) is 0 Å². The van der Waals surface area contributed by atoms with Gasteiger partial charge in [-0.3, -0.25) is 9.59 Å². The second-order valence-corrected chi connectivity index (χ2v) is 4.08. The molecule has 2 amide bonds. The summed E-state index contributed by atoms with van der Waals surface area (Å²) in [4.78, 5) is 26.4. The Kier molecular flexibility index (Phi) is 3.76. The van der Waals surface area contributed by atoms with Crippen LogP contribution in [0.25, 0.3) is 11.0 Å². The second-order valence-electron chi connectivity index (χ2n) is 4.08. The van der Waals surface area contributed by atoms with Crippen LogP contribution >= 0.6 is 0 Å². The fraction of sp³-hybridized carbons (Fsp3) is 0.250. The van der Waals surface area contributed by atoms with E-state index in [0.29, 0.717) is 0 Å². The number of nitrogens with zero attached hydrogens (tertiary/aromatic N) is 2. The van der Waals surface area contributed by atoms with Gasteiger partial charge in [0.25, 0.3) is 0 Å². The Labute approximate surface area is 109 Å². The molecule has 2 aromatic rings. The molecule has 1 aromatic carbocycles. The van der Waals surface area contributed by atoms with Gasteiger partial charge in [-0.25, -0.2) is 4.98 Å². The number of hydrogen-bond donors (Lipinski definition) is 3. The summed E-state index contributed by atoms with van der Waals surface area (Å²) in [6, 6.07) is 7.42. The quantitative estimate of drug-likeness (QED) is 0.641. The third kappa shape index (κ3) is 3.08. The molecular weight excluding hydrogens is 248 g/mol. The minimum Gasteiger partial charge on any atom is -0.381 e. The summed E-state index contributed by atoms with van der Waals surface area (Å²) in [5, 5.41) is 11.6. The fourth-order valence-corrected chi connectivity index (χ4v) is 1.66. The van der Waals surface area contributed by atoms with E-state index in [9.17, 15) is 9.59 Å². The first-order valence-corrected chi connectivity index (χ1v) is 5.72. The SMILES string of the molecule is NC(=O)C(O)CNC(=O)Cn1cnc2ccccc21. The fourth-order valence-electron chi connectivity index (χ4n) is 1.66. The second kappa shape index (κ2) is 5.49. The molecule has 1 atom stereocenters. The lowest BCUT2D eigenvalue weighted by Gasteiger charge is -2.09. The Morgan fingerprint density at radius 2 is 2.16 bits per heavy atom. The molecule has 0 saturated heterocycles. The number of aliphatic hydroxyl groups is 1. The standard InChI is InChI=1S/C12H14N4O3/c13-12(19)10(17)5-14-11(18)6-16-7-15-8-3-1-2-4-9(8)16/h1-4,7,10,17H,5-6H2,(H2,13,19)(H,14,18). The van der Waals surface area contributed by atoms with Crippen molar-refractivity contribution < 1.29 is 14.7 Å². The average molecular weight is 262 g/mol. The van der Waals surface area contributed by atoms with Crippen molar-refractivity contribution in [3.63, 3.8) is 0 Å². The topological polar surface area (TPSA) is 110 Å². The maximum Gasteiger partial charge on any atom is 0.248 e. The van der Waals surface area contributed by atoms with Crippen LogP contribution in [0.5, 0.6) is 0 Å². The van der Waals surface area contributed by atoms with Gasteiger partial charge < -0.3 is 20.7 Å². The van der Waals surface area contributed by atoms with Crippen LogP contribution in [-0.2, 0) is 16.1 Å². The van der Waals surface area contributed by atoms with Crippen LogP contribution in [0.15, 0.2) is 30.6 Å². The summed E-state index contributed by atoms with van der Waals surface area (Å²) < 4.78 is 1.68. The molecule has 1 aromatic heterocycles. The highest BCUT2D eigenvalue weighted by Crippen LogP contribution is 2.11. The van der Waals surface area contributed by atoms with Crippen molar-refractivity contribution >= 4 is 22.8 Å². The van der Waals surface area contributed by atoms with Gasteiger partial charge in [0.1, 0.15) is 12.6 Å². The van der Waals surface area contributed by atoms with Crippen LogP contribution in [0.3, 0.4) is 0 Å². The summed E-state index contributed by atoms with van der Waals surface area (Å²) in [6.45, 7) is -0.132. The van der Waals surface area contributed by atoms with Crippen LogP contribution in [0.4, 0.5) is 0 Å². The van der Waals surface area contributed by atoms with Crippen molar-refractivity contribution in [1.82, 2.24) is 14.9 Å². The zero-order valence-corrected chi connectivity index (χ0v) is 10.1. The van der Waals surface area contributed by atoms with E-state index in [1.165, 1.54) is 0 Å². The monoisotopic (exact) mass is 262 g/mol. The number of aliphatic hydroxyl groups excluding tert-OH is 1. The Morgan fingerprint density at radius 3 is 2.89 bits per heavy atom. The smallest absolute Gasteiger partial charge is 0.248 e. The largest absolute Gasteiger partial charge is 0.381 e. The third-order valence-electron chi connectivity index (χ3n) is 2.66. The summed E-state index contributed by atoms with van der Waals surface area (Å²) >= 11 is 0. The maximum absolute atomic E-state index is 11.7. The highest BCUT2D eigenvalue weighted by Gasteiger charge is 2.12. The number of para-hydroxylation sites is 2. The van der Waals surface area contributed by atoms with Crippen LogP contribution in [0, 0.1) is 0 Å². The Morgan fingerprint density at radius 1 is 1.42 bits per heavy atom. The predicted octanol–water partition coefficient (Wildman–Crippen LogP) is -1.00. The first-order chi connectivity index (χ1) is 9.08. The molecule has 2 rings (SSSR count). The number of nitrogens with one attached hydrogen (secondary N) is 1. The Balaban J connectivity index is 1.97. The summed E-state index contributed by atoms with van der Waals surface area (Å²) in [5.74, 6) is -1.20. The number of carbonyl (C=O) groups is 2. The van der Waals surface area contributed by atoms with E-state index in [4.69, 9.17) is 10.8 Å². The van der Waals surface area contributed by atoms with Gasteiger partial charge in [0.2, 0.25) is 11.8 Å². The van der Waals surface area contributed by atoms with Crippen molar-refractivity contribution in [2.45, 2.75) is 12.6 Å². The number of aromatic nitrogens is 2. The van der Waals surface area contributed by atoms with Gasteiger partial charge in [0, 0.05) is 0 Å². The molecule has 0 radical (unpaired) electrons. The lowest BCUT2D eigenvalue weighted by molar-refractivity contribution is -0.127. The molecule has 100 valence electrons. The number of benzene rings is 1. The number of imidazole rings is 1. The first-order valence-electron chi connectivity index (χ1n) is 5.72. The molecule has 1 unspecified atom stereocenters. The third-order valence-corrected chi connectivity index (χ3v) is 2.66. The van der Waals surface area contributed by atoms with Gasteiger partial charge in [-0.05, 0) is 12.1 Å². The van der Waals surface area contributed by atoms with Gasteiger partial charge >= 0.3 is 0 Å². The first kappa shape index (κ1) is 13.0. The van der Waals surface area contributed by atoms with Gasteiger partial charge in [0.05, 0.1) is 23.9 Å². The zero-order chi connectivity index (χ0) is 13.8. The summed E-state index contributed by atoms with van der Waals surface area (Å²) in [6.07, 6.45) is 0.192. The lowest BCUT2D eigenvalue weighted by atomic mass is 10.3. The van der Waals surface area contributed by atoms with E-state index in [1.807, 2.05) is 24.3 Å². The predicted molar refractivity (Wildman–Crippen MR) is 67.9 cm³/mol. The number of hydrogen-bond acceptors (Lipinski definition) is 4. The zero-order valence-electron chi connectivity index (χ0n) is 10.1. The van der Waals surface area contributed by atoms with E-state index < -0.39 is 12.0 Å². The van der Waals surface area contributed by atoms with Crippen molar-refractivity contribution in [3.05, 3.63) is 30.6 Å². The summed E-state index contributed by atoms with van der Waals surface area (Å²) in [5.41, 5.74) is 6.52. The van der Waals surface area contributed by atoms with Crippen molar-refractivity contribution in [1.29, 1.82) is 0 Å². The van der Waals surface area contributed by atoms with Gasteiger partial charge in [0.15, 0.2) is 0 Å². The molecule has 0 aliphatic rings. The molecule has 0 spiro atoms. The van der Waals surface area contributed by atoms with E-state index in [1.54, 1.807) is 10.9 Å². The minimum atomic E-state index is -1.37. The normalized spacial score (nSPS) is 12.3. The van der Waals surface area contributed by atoms with Crippen LogP contribution in [0.2, 0.25) is 0 Å². The van der Waals surface area contributed by atoms with E-state index >= 15 is 0 Å². The molecule has 7 heteroatoms. The Hall–Kier alpha value is -2.41. The molecular formula is C12H14N4O3. The van der Waals surface area contributed by atoms with Crippen molar-refractivity contribution in [2.75, 3.05) is 6.54 Å². The summed E-state index contributed by atoms with van der Waals surface area (Å²) in [7, 11) is 0. The number of fused-ring (bicyclic) bond motifs is 1. The van der Waals surface area contributed by atoms with Gasteiger partial charge in [-0.1, -0.05) is 12.1 Å². The highest BCUT2D eigenvalue weighted by molar-refractivity contribution is 5.82. The van der Waals surface area contributed by atoms with Gasteiger partial charge in [-0.15, -0.1) is 0 Å². The Bertz CT molecular complexity index is 608. The molecule has 4 N–H and O–H groups in total. The average Bonchev–Trinajstić information content (AvgIpc) is 2.79. The van der Waals surface area contributed by atoms with E-state index in [0.717, 1.165) is 11.0 Å². The van der Waals surface area contributed by atoms with Crippen molar-refractivity contribution in [3.8, 4) is 0 Å². The molecule has 19 heavy (non-hydrogen) atoms. The number of nitrogens with two attached hydrogens (primary N) is 1. The number of amides is 2. The van der Waals surface area contributed by atoms with Crippen molar-refractivity contribution in [2.24, 2.45) is 5.73 Å². The molecule has 0 aliphatic heterocycles. The van der Waals surface area contributed by atoms with E-state index in [2.05, 4.69) is 10.3 Å². The van der Waals surface area contributed by atoms with Crippen LogP contribution in [-0.4, -0.2) is 39.1 Å². The highest BCUT2D eigenvalue weighted by atomic mass is 16.3. The lowest BCUT2D eigenvalue weighted by Crippen LogP contribution is -2.40. The molecule has 7 nitrogen and oxygen atoms in total. The molecule has 0 aliphatic carbocycles.